The molecule has 0 aliphatic carbocycles. The van der Waals surface area contributed by atoms with Gasteiger partial charge in [-0.05, 0) is 31.2 Å². The van der Waals surface area contributed by atoms with Crippen molar-refractivity contribution in [1.82, 2.24) is 5.32 Å². The highest BCUT2D eigenvalue weighted by atomic mass is 16.5. The third kappa shape index (κ3) is 3.40. The van der Waals surface area contributed by atoms with Gasteiger partial charge in [0.15, 0.2) is 0 Å². The molecule has 0 saturated heterocycles. The second-order valence-corrected chi connectivity index (χ2v) is 3.27. The summed E-state index contributed by atoms with van der Waals surface area (Å²) in [5.41, 5.74) is 1.22. The number of rotatable bonds is 6. The first-order valence-corrected chi connectivity index (χ1v) is 5.40. The molecule has 15 heavy (non-hydrogen) atoms. The average molecular weight is 205 g/mol. The van der Waals surface area contributed by atoms with Crippen molar-refractivity contribution in [3.8, 4) is 5.75 Å². The molecule has 0 fully saturated rings. The molecule has 1 aromatic carbocycles. The molecular formula is C13H19NO. The second-order valence-electron chi connectivity index (χ2n) is 3.27. The summed E-state index contributed by atoms with van der Waals surface area (Å²) in [7, 11) is 0. The van der Waals surface area contributed by atoms with E-state index < -0.39 is 0 Å². The van der Waals surface area contributed by atoms with Gasteiger partial charge in [-0.15, -0.1) is 6.58 Å². The fraction of sp³-hybridized carbons (Fsp3) is 0.385. The van der Waals surface area contributed by atoms with E-state index in [4.69, 9.17) is 4.74 Å². The lowest BCUT2D eigenvalue weighted by Gasteiger charge is -2.14. The zero-order valence-electron chi connectivity index (χ0n) is 9.49. The lowest BCUT2D eigenvalue weighted by molar-refractivity contribution is 0.340. The van der Waals surface area contributed by atoms with Crippen molar-refractivity contribution in [2.24, 2.45) is 0 Å². The number of benzene rings is 1. The highest BCUT2D eigenvalue weighted by Crippen LogP contribution is 2.18. The molecule has 0 saturated carbocycles. The first-order valence-electron chi connectivity index (χ1n) is 5.40. The fourth-order valence-electron chi connectivity index (χ4n) is 1.50. The van der Waals surface area contributed by atoms with E-state index in [9.17, 15) is 0 Å². The van der Waals surface area contributed by atoms with Gasteiger partial charge in [0.1, 0.15) is 5.75 Å². The lowest BCUT2D eigenvalue weighted by atomic mass is 10.1. The van der Waals surface area contributed by atoms with Crippen LogP contribution in [-0.4, -0.2) is 13.2 Å². The van der Waals surface area contributed by atoms with Gasteiger partial charge in [0, 0.05) is 0 Å². The molecule has 0 heterocycles. The summed E-state index contributed by atoms with van der Waals surface area (Å²) in [6, 6.07) is 8.35. The first-order chi connectivity index (χ1) is 7.31. The van der Waals surface area contributed by atoms with E-state index in [1.54, 1.807) is 0 Å². The molecule has 1 atom stereocenters. The molecule has 82 valence electrons. The van der Waals surface area contributed by atoms with Gasteiger partial charge in [-0.1, -0.05) is 25.1 Å². The minimum absolute atomic E-state index is 0.227. The molecule has 1 rings (SSSR count). The maximum absolute atomic E-state index is 5.39. The van der Waals surface area contributed by atoms with Crippen molar-refractivity contribution in [2.75, 3.05) is 13.2 Å². The Morgan fingerprint density at radius 2 is 2.00 bits per heavy atom. The summed E-state index contributed by atoms with van der Waals surface area (Å²) in [5, 5.41) is 3.34. The molecule has 2 heteroatoms. The Bertz CT molecular complexity index is 292. The van der Waals surface area contributed by atoms with E-state index >= 15 is 0 Å². The molecule has 0 spiro atoms. The molecule has 0 bridgehead atoms. The van der Waals surface area contributed by atoms with Crippen molar-refractivity contribution in [2.45, 2.75) is 19.9 Å². The topological polar surface area (TPSA) is 21.3 Å². The van der Waals surface area contributed by atoms with E-state index in [-0.39, 0.29) is 6.04 Å². The summed E-state index contributed by atoms with van der Waals surface area (Å²) in [6.45, 7) is 9.53. The standard InChI is InChI=1S/C13H19NO/c1-4-13(14-5-2)11-7-9-12(10-8-11)15-6-3/h4,7-10,13-14H,1,5-6H2,2-3H3. The number of hydrogen-bond donors (Lipinski definition) is 1. The summed E-state index contributed by atoms with van der Waals surface area (Å²) in [6.07, 6.45) is 1.92. The normalized spacial score (nSPS) is 12.1. The Hall–Kier alpha value is -1.28. The van der Waals surface area contributed by atoms with Gasteiger partial charge in [0.2, 0.25) is 0 Å². The minimum Gasteiger partial charge on any atom is -0.494 e. The molecule has 0 radical (unpaired) electrons. The van der Waals surface area contributed by atoms with Crippen LogP contribution in [0.1, 0.15) is 25.5 Å². The smallest absolute Gasteiger partial charge is 0.119 e. The summed E-state index contributed by atoms with van der Waals surface area (Å²) in [5.74, 6) is 0.917. The van der Waals surface area contributed by atoms with E-state index in [0.717, 1.165) is 12.3 Å². The van der Waals surface area contributed by atoms with Gasteiger partial charge in [-0.3, -0.25) is 0 Å². The monoisotopic (exact) mass is 205 g/mol. The van der Waals surface area contributed by atoms with Crippen molar-refractivity contribution in [3.05, 3.63) is 42.5 Å². The van der Waals surface area contributed by atoms with Gasteiger partial charge < -0.3 is 10.1 Å². The van der Waals surface area contributed by atoms with Crippen molar-refractivity contribution in [3.63, 3.8) is 0 Å². The van der Waals surface area contributed by atoms with Crippen molar-refractivity contribution in [1.29, 1.82) is 0 Å². The highest BCUT2D eigenvalue weighted by molar-refractivity contribution is 5.30. The van der Waals surface area contributed by atoms with Crippen LogP contribution in [0.25, 0.3) is 0 Å². The van der Waals surface area contributed by atoms with Crippen LogP contribution >= 0.6 is 0 Å². The van der Waals surface area contributed by atoms with Gasteiger partial charge >= 0.3 is 0 Å². The molecule has 1 aromatic rings. The third-order valence-corrected chi connectivity index (χ3v) is 2.21. The van der Waals surface area contributed by atoms with Crippen LogP contribution in [0.3, 0.4) is 0 Å². The predicted molar refractivity (Wildman–Crippen MR) is 64.2 cm³/mol. The van der Waals surface area contributed by atoms with Gasteiger partial charge in [-0.25, -0.2) is 0 Å². The second kappa shape index (κ2) is 6.25. The Balaban J connectivity index is 2.72. The Morgan fingerprint density at radius 3 is 2.47 bits per heavy atom. The summed E-state index contributed by atoms with van der Waals surface area (Å²) in [4.78, 5) is 0. The average Bonchev–Trinajstić information content (AvgIpc) is 2.28. The summed E-state index contributed by atoms with van der Waals surface area (Å²) < 4.78 is 5.39. The fourth-order valence-corrected chi connectivity index (χ4v) is 1.50. The molecule has 2 nitrogen and oxygen atoms in total. The van der Waals surface area contributed by atoms with Crippen LogP contribution in [0, 0.1) is 0 Å². The maximum Gasteiger partial charge on any atom is 0.119 e. The largest absolute Gasteiger partial charge is 0.494 e. The molecule has 0 aliphatic heterocycles. The highest BCUT2D eigenvalue weighted by Gasteiger charge is 2.04. The molecule has 0 amide bonds. The third-order valence-electron chi connectivity index (χ3n) is 2.21. The zero-order valence-corrected chi connectivity index (χ0v) is 9.49. The SMILES string of the molecule is C=CC(NCC)c1ccc(OCC)cc1. The van der Waals surface area contributed by atoms with E-state index in [2.05, 4.69) is 31.0 Å². The van der Waals surface area contributed by atoms with Crippen LogP contribution in [0.15, 0.2) is 36.9 Å². The van der Waals surface area contributed by atoms with Crippen LogP contribution < -0.4 is 10.1 Å². The van der Waals surface area contributed by atoms with Gasteiger partial charge in [0.05, 0.1) is 12.6 Å². The molecule has 0 aliphatic rings. The molecular weight excluding hydrogens is 186 g/mol. The van der Waals surface area contributed by atoms with Crippen molar-refractivity contribution >= 4 is 0 Å². The zero-order chi connectivity index (χ0) is 11.1. The minimum atomic E-state index is 0.227. The van der Waals surface area contributed by atoms with Crippen LogP contribution in [-0.2, 0) is 0 Å². The van der Waals surface area contributed by atoms with E-state index in [1.807, 2.05) is 25.1 Å². The lowest BCUT2D eigenvalue weighted by Crippen LogP contribution is -2.18. The molecule has 1 N–H and O–H groups in total. The Labute approximate surface area is 92.0 Å². The molecule has 0 aromatic heterocycles. The number of hydrogen-bond acceptors (Lipinski definition) is 2. The molecule has 1 unspecified atom stereocenters. The Morgan fingerprint density at radius 1 is 1.33 bits per heavy atom. The quantitative estimate of drug-likeness (QED) is 0.721. The van der Waals surface area contributed by atoms with Crippen molar-refractivity contribution < 1.29 is 4.74 Å². The first kappa shape index (κ1) is 11.8. The Kier molecular flexibility index (Phi) is 4.91. The van der Waals surface area contributed by atoms with Crippen LogP contribution in [0.5, 0.6) is 5.75 Å². The number of likely N-dealkylation sites (N-methyl/N-ethyl adjacent to an activating group) is 1. The van der Waals surface area contributed by atoms with Crippen LogP contribution in [0.4, 0.5) is 0 Å². The summed E-state index contributed by atoms with van der Waals surface area (Å²) >= 11 is 0. The van der Waals surface area contributed by atoms with E-state index in [0.29, 0.717) is 6.61 Å². The number of ether oxygens (including phenoxy) is 1. The number of nitrogens with one attached hydrogen (secondary N) is 1. The predicted octanol–water partition coefficient (Wildman–Crippen LogP) is 2.92. The van der Waals surface area contributed by atoms with Gasteiger partial charge in [0.25, 0.3) is 0 Å². The van der Waals surface area contributed by atoms with Gasteiger partial charge in [-0.2, -0.15) is 0 Å². The maximum atomic E-state index is 5.39. The van der Waals surface area contributed by atoms with Crippen LogP contribution in [0.2, 0.25) is 0 Å². The van der Waals surface area contributed by atoms with E-state index in [1.165, 1.54) is 5.56 Å².